The Labute approximate surface area is 119 Å². The van der Waals surface area contributed by atoms with Gasteiger partial charge in [-0.3, -0.25) is 4.79 Å². The van der Waals surface area contributed by atoms with E-state index in [1.165, 1.54) is 0 Å². The van der Waals surface area contributed by atoms with Crippen molar-refractivity contribution < 1.29 is 4.79 Å². The van der Waals surface area contributed by atoms with Crippen LogP contribution in [0.3, 0.4) is 0 Å². The van der Waals surface area contributed by atoms with Crippen LogP contribution in [0.2, 0.25) is 10.0 Å². The van der Waals surface area contributed by atoms with E-state index in [4.69, 9.17) is 28.9 Å². The Balaban J connectivity index is 2.00. The number of anilines is 1. The van der Waals surface area contributed by atoms with Gasteiger partial charge in [0.2, 0.25) is 11.9 Å². The van der Waals surface area contributed by atoms with Crippen LogP contribution in [0, 0.1) is 0 Å². The maximum absolute atomic E-state index is 11.2. The van der Waals surface area contributed by atoms with Crippen LogP contribution in [-0.4, -0.2) is 21.5 Å². The zero-order valence-corrected chi connectivity index (χ0v) is 11.5. The summed E-state index contributed by atoms with van der Waals surface area (Å²) >= 11 is 12.0. The molecule has 3 rings (SSSR count). The number of benzene rings is 1. The number of aromatic nitrogens is 2. The smallest absolute Gasteiger partial charge is 0.220 e. The van der Waals surface area contributed by atoms with Crippen molar-refractivity contribution in [2.24, 2.45) is 0 Å². The number of nitrogens with two attached hydrogens (primary N) is 1. The molecule has 1 amide bonds. The average molecular weight is 299 g/mol. The van der Waals surface area contributed by atoms with Crippen molar-refractivity contribution in [2.75, 3.05) is 5.73 Å². The Kier molecular flexibility index (Phi) is 3.03. The first-order valence-corrected chi connectivity index (χ1v) is 6.70. The molecule has 0 aliphatic carbocycles. The van der Waals surface area contributed by atoms with E-state index in [0.717, 1.165) is 11.9 Å². The van der Waals surface area contributed by atoms with Gasteiger partial charge in [-0.15, -0.1) is 0 Å². The van der Waals surface area contributed by atoms with Crippen LogP contribution in [0.25, 0.3) is 11.0 Å². The molecule has 1 aromatic carbocycles. The number of rotatable bonds is 2. The maximum atomic E-state index is 11.2. The molecule has 0 bridgehead atoms. The summed E-state index contributed by atoms with van der Waals surface area (Å²) in [5.74, 6) is 0.476. The SMILES string of the molecule is Nc1nc2cc(Cl)c(Cl)cc2n1CC1CCC(=O)N1. The lowest BCUT2D eigenvalue weighted by atomic mass is 10.2. The summed E-state index contributed by atoms with van der Waals surface area (Å²) in [7, 11) is 0. The molecule has 1 atom stereocenters. The number of hydrogen-bond donors (Lipinski definition) is 2. The van der Waals surface area contributed by atoms with Gasteiger partial charge in [-0.1, -0.05) is 23.2 Å². The van der Waals surface area contributed by atoms with Gasteiger partial charge >= 0.3 is 0 Å². The fourth-order valence-electron chi connectivity index (χ4n) is 2.37. The van der Waals surface area contributed by atoms with Gasteiger partial charge in [0, 0.05) is 19.0 Å². The Morgan fingerprint density at radius 2 is 2.16 bits per heavy atom. The first-order valence-electron chi connectivity index (χ1n) is 5.94. The molecular weight excluding hydrogens is 287 g/mol. The highest BCUT2D eigenvalue weighted by molar-refractivity contribution is 6.42. The fourth-order valence-corrected chi connectivity index (χ4v) is 2.68. The van der Waals surface area contributed by atoms with E-state index in [1.54, 1.807) is 12.1 Å². The van der Waals surface area contributed by atoms with Crippen molar-refractivity contribution in [3.63, 3.8) is 0 Å². The average Bonchev–Trinajstić information content (AvgIpc) is 2.87. The number of carbonyl (C=O) groups is 1. The predicted octanol–water partition coefficient (Wildman–Crippen LogP) is 2.20. The van der Waals surface area contributed by atoms with Crippen molar-refractivity contribution >= 4 is 46.1 Å². The molecule has 0 saturated carbocycles. The highest BCUT2D eigenvalue weighted by atomic mass is 35.5. The van der Waals surface area contributed by atoms with Crippen LogP contribution in [0.1, 0.15) is 12.8 Å². The summed E-state index contributed by atoms with van der Waals surface area (Å²) in [4.78, 5) is 15.5. The van der Waals surface area contributed by atoms with E-state index in [9.17, 15) is 4.79 Å². The molecule has 7 heteroatoms. The molecule has 2 heterocycles. The number of imidazole rings is 1. The highest BCUT2D eigenvalue weighted by Gasteiger charge is 2.22. The number of amides is 1. The number of nitrogen functional groups attached to an aromatic ring is 1. The van der Waals surface area contributed by atoms with Crippen LogP contribution >= 0.6 is 23.2 Å². The van der Waals surface area contributed by atoms with Crippen LogP contribution in [0.5, 0.6) is 0 Å². The molecule has 5 nitrogen and oxygen atoms in total. The second kappa shape index (κ2) is 4.58. The van der Waals surface area contributed by atoms with Gasteiger partial charge in [0.05, 0.1) is 21.1 Å². The molecule has 1 unspecified atom stereocenters. The van der Waals surface area contributed by atoms with Crippen molar-refractivity contribution in [1.82, 2.24) is 14.9 Å². The molecule has 1 saturated heterocycles. The molecule has 100 valence electrons. The molecule has 0 radical (unpaired) electrons. The zero-order valence-electron chi connectivity index (χ0n) is 9.99. The molecule has 1 fully saturated rings. The summed E-state index contributed by atoms with van der Waals surface area (Å²) in [5.41, 5.74) is 7.45. The normalized spacial score (nSPS) is 19.1. The van der Waals surface area contributed by atoms with E-state index in [-0.39, 0.29) is 11.9 Å². The van der Waals surface area contributed by atoms with E-state index in [1.807, 2.05) is 4.57 Å². The number of nitrogens with zero attached hydrogens (tertiary/aromatic N) is 2. The fraction of sp³-hybridized carbons (Fsp3) is 0.333. The van der Waals surface area contributed by atoms with E-state index in [2.05, 4.69) is 10.3 Å². The molecule has 1 aromatic heterocycles. The third-order valence-corrected chi connectivity index (χ3v) is 4.03. The number of nitrogens with one attached hydrogen (secondary N) is 1. The monoisotopic (exact) mass is 298 g/mol. The quantitative estimate of drug-likeness (QED) is 0.893. The second-order valence-corrected chi connectivity index (χ2v) is 5.45. The number of halogens is 2. The Hall–Kier alpha value is -1.46. The third kappa shape index (κ3) is 2.24. The van der Waals surface area contributed by atoms with Gasteiger partial charge in [0.1, 0.15) is 0 Å². The minimum atomic E-state index is 0.0778. The van der Waals surface area contributed by atoms with E-state index in [0.29, 0.717) is 34.5 Å². The van der Waals surface area contributed by atoms with Crippen molar-refractivity contribution in [3.8, 4) is 0 Å². The van der Waals surface area contributed by atoms with E-state index >= 15 is 0 Å². The van der Waals surface area contributed by atoms with Crippen molar-refractivity contribution in [1.29, 1.82) is 0 Å². The van der Waals surface area contributed by atoms with Crippen molar-refractivity contribution in [2.45, 2.75) is 25.4 Å². The number of carbonyl (C=O) groups excluding carboxylic acids is 1. The van der Waals surface area contributed by atoms with Gasteiger partial charge in [0.25, 0.3) is 0 Å². The Bertz CT molecular complexity index is 667. The largest absolute Gasteiger partial charge is 0.369 e. The summed E-state index contributed by atoms with van der Waals surface area (Å²) < 4.78 is 1.85. The molecule has 1 aliphatic rings. The van der Waals surface area contributed by atoms with E-state index < -0.39 is 0 Å². The lowest BCUT2D eigenvalue weighted by Gasteiger charge is -2.13. The van der Waals surface area contributed by atoms with Crippen LogP contribution in [0.4, 0.5) is 5.95 Å². The van der Waals surface area contributed by atoms with Gasteiger partial charge in [-0.2, -0.15) is 0 Å². The molecule has 19 heavy (non-hydrogen) atoms. The van der Waals surface area contributed by atoms with Crippen LogP contribution in [0.15, 0.2) is 12.1 Å². The summed E-state index contributed by atoms with van der Waals surface area (Å²) in [6.45, 7) is 0.589. The van der Waals surface area contributed by atoms with Gasteiger partial charge < -0.3 is 15.6 Å². The van der Waals surface area contributed by atoms with Gasteiger partial charge in [-0.05, 0) is 18.6 Å². The molecular formula is C12H12Cl2N4O. The predicted molar refractivity (Wildman–Crippen MR) is 75.3 cm³/mol. The summed E-state index contributed by atoms with van der Waals surface area (Å²) in [6.07, 6.45) is 1.36. The molecule has 0 spiro atoms. The molecule has 3 N–H and O–H groups in total. The standard InChI is InChI=1S/C12H12Cl2N4O/c13-7-3-9-10(4-8(7)14)18(12(15)17-9)5-6-1-2-11(19)16-6/h3-4,6H,1-2,5H2,(H2,15,17)(H,16,19). The Morgan fingerprint density at radius 3 is 2.84 bits per heavy atom. The Morgan fingerprint density at radius 1 is 1.42 bits per heavy atom. The second-order valence-electron chi connectivity index (χ2n) is 4.64. The third-order valence-electron chi connectivity index (χ3n) is 3.31. The van der Waals surface area contributed by atoms with Crippen molar-refractivity contribution in [3.05, 3.63) is 22.2 Å². The summed E-state index contributed by atoms with van der Waals surface area (Å²) in [5, 5.41) is 3.82. The topological polar surface area (TPSA) is 72.9 Å². The summed E-state index contributed by atoms with van der Waals surface area (Å²) in [6, 6.07) is 3.53. The van der Waals surface area contributed by atoms with Crippen LogP contribution in [-0.2, 0) is 11.3 Å². The minimum Gasteiger partial charge on any atom is -0.369 e. The lowest BCUT2D eigenvalue weighted by molar-refractivity contribution is -0.119. The highest BCUT2D eigenvalue weighted by Crippen LogP contribution is 2.29. The van der Waals surface area contributed by atoms with Crippen LogP contribution < -0.4 is 11.1 Å². The molecule has 1 aliphatic heterocycles. The lowest BCUT2D eigenvalue weighted by Crippen LogP contribution is -2.29. The first-order chi connectivity index (χ1) is 9.04. The number of hydrogen-bond acceptors (Lipinski definition) is 3. The minimum absolute atomic E-state index is 0.0778. The number of fused-ring (bicyclic) bond motifs is 1. The first kappa shape index (κ1) is 12.6. The van der Waals surface area contributed by atoms with Gasteiger partial charge in [0.15, 0.2) is 0 Å². The zero-order chi connectivity index (χ0) is 13.6. The van der Waals surface area contributed by atoms with Gasteiger partial charge in [-0.25, -0.2) is 4.98 Å². The maximum Gasteiger partial charge on any atom is 0.220 e. The molecule has 2 aromatic rings.